The molecule has 1 aliphatic rings. The van der Waals surface area contributed by atoms with E-state index in [4.69, 9.17) is 4.74 Å². The number of nitrogens with one attached hydrogen (secondary N) is 1. The van der Waals surface area contributed by atoms with Gasteiger partial charge in [-0.15, -0.1) is 0 Å². The van der Waals surface area contributed by atoms with Crippen molar-refractivity contribution >= 4 is 35.3 Å². The molecule has 0 aliphatic carbocycles. The summed E-state index contributed by atoms with van der Waals surface area (Å²) in [6.07, 6.45) is 1.83. The van der Waals surface area contributed by atoms with E-state index >= 15 is 0 Å². The van der Waals surface area contributed by atoms with Gasteiger partial charge in [-0.25, -0.2) is 4.39 Å². The van der Waals surface area contributed by atoms with Crippen LogP contribution in [0.3, 0.4) is 0 Å². The first kappa shape index (κ1) is 21.6. The summed E-state index contributed by atoms with van der Waals surface area (Å²) in [7, 11) is 3.30. The van der Waals surface area contributed by atoms with Crippen molar-refractivity contribution < 1.29 is 18.7 Å². The smallest absolute Gasteiger partial charge is 0.264 e. The third-order valence-electron chi connectivity index (χ3n) is 5.08. The number of rotatable bonds is 5. The Morgan fingerprint density at radius 2 is 1.91 bits per heavy atom. The number of ether oxygens (including phenoxy) is 1. The van der Waals surface area contributed by atoms with Crippen molar-refractivity contribution in [2.75, 3.05) is 19.1 Å². The summed E-state index contributed by atoms with van der Waals surface area (Å²) in [4.78, 5) is 28.6. The molecule has 32 heavy (non-hydrogen) atoms. The molecular formula is C25H21FN2O3S. The lowest BCUT2D eigenvalue weighted by atomic mass is 10.1. The minimum absolute atomic E-state index is 0.144. The van der Waals surface area contributed by atoms with Crippen LogP contribution < -0.4 is 15.0 Å². The van der Waals surface area contributed by atoms with Gasteiger partial charge in [0, 0.05) is 24.1 Å². The second-order valence-electron chi connectivity index (χ2n) is 7.24. The zero-order valence-electron chi connectivity index (χ0n) is 17.6. The van der Waals surface area contributed by atoms with Crippen LogP contribution in [0.2, 0.25) is 0 Å². The zero-order valence-corrected chi connectivity index (χ0v) is 18.4. The van der Waals surface area contributed by atoms with Crippen LogP contribution in [0.15, 0.2) is 76.5 Å². The summed E-state index contributed by atoms with van der Waals surface area (Å²) in [5, 5.41) is 2.82. The highest BCUT2D eigenvalue weighted by Crippen LogP contribution is 2.42. The molecule has 0 saturated heterocycles. The number of hydrogen-bond donors (Lipinski definition) is 1. The quantitative estimate of drug-likeness (QED) is 0.566. The van der Waals surface area contributed by atoms with Crippen LogP contribution in [-0.2, 0) is 11.3 Å². The normalized spacial score (nSPS) is 14.3. The molecule has 0 aromatic heterocycles. The van der Waals surface area contributed by atoms with Gasteiger partial charge in [-0.1, -0.05) is 36.0 Å². The van der Waals surface area contributed by atoms with Crippen molar-refractivity contribution in [2.45, 2.75) is 11.4 Å². The third kappa shape index (κ3) is 4.68. The Kier molecular flexibility index (Phi) is 6.28. The molecule has 3 aromatic carbocycles. The van der Waals surface area contributed by atoms with Crippen LogP contribution >= 0.6 is 11.8 Å². The van der Waals surface area contributed by atoms with Crippen LogP contribution in [0.25, 0.3) is 6.08 Å². The molecule has 0 fully saturated rings. The Labute approximate surface area is 189 Å². The van der Waals surface area contributed by atoms with Gasteiger partial charge in [-0.05, 0) is 59.7 Å². The Balaban J connectivity index is 1.52. The van der Waals surface area contributed by atoms with Crippen LogP contribution in [-0.4, -0.2) is 26.0 Å². The number of nitrogens with zero attached hydrogens (tertiary/aromatic N) is 1. The highest BCUT2D eigenvalue weighted by molar-refractivity contribution is 8.04. The molecule has 7 heteroatoms. The number of benzene rings is 3. The number of halogens is 1. The summed E-state index contributed by atoms with van der Waals surface area (Å²) in [5.41, 5.74) is 2.80. The maximum atomic E-state index is 13.0. The van der Waals surface area contributed by atoms with E-state index in [1.165, 1.54) is 23.9 Å². The van der Waals surface area contributed by atoms with Crippen molar-refractivity contribution in [3.63, 3.8) is 0 Å². The van der Waals surface area contributed by atoms with E-state index in [1.54, 1.807) is 43.3 Å². The van der Waals surface area contributed by atoms with E-state index in [0.29, 0.717) is 16.2 Å². The number of anilines is 1. The molecule has 4 rings (SSSR count). The van der Waals surface area contributed by atoms with Crippen molar-refractivity contribution in [1.82, 2.24) is 5.32 Å². The van der Waals surface area contributed by atoms with Crippen LogP contribution in [0, 0.1) is 5.82 Å². The predicted octanol–water partition coefficient (Wildman–Crippen LogP) is 4.87. The van der Waals surface area contributed by atoms with E-state index < -0.39 is 0 Å². The standard InChI is InChI=1S/C25H21FN2O3S/c1-28-21-14-18(24(29)27-15-16-6-9-19(26)10-7-16)8-11-22(21)32-23(25(28)30)13-17-4-3-5-20(12-17)31-2/h3-14H,15H2,1-2H3,(H,27,29)/b23-13-. The van der Waals surface area contributed by atoms with E-state index in [2.05, 4.69) is 5.32 Å². The summed E-state index contributed by atoms with van der Waals surface area (Å²) < 4.78 is 18.3. The second kappa shape index (κ2) is 9.28. The molecule has 0 bridgehead atoms. The van der Waals surface area contributed by atoms with Crippen molar-refractivity contribution in [1.29, 1.82) is 0 Å². The molecule has 162 valence electrons. The first-order valence-corrected chi connectivity index (χ1v) is 10.7. The maximum Gasteiger partial charge on any atom is 0.264 e. The van der Waals surface area contributed by atoms with Gasteiger partial charge in [0.2, 0.25) is 0 Å². The zero-order chi connectivity index (χ0) is 22.7. The molecule has 1 aliphatic heterocycles. The molecule has 1 N–H and O–H groups in total. The Bertz CT molecular complexity index is 1210. The van der Waals surface area contributed by atoms with Gasteiger partial charge in [0.15, 0.2) is 0 Å². The number of fused-ring (bicyclic) bond motifs is 1. The third-order valence-corrected chi connectivity index (χ3v) is 6.15. The topological polar surface area (TPSA) is 58.6 Å². The molecule has 0 unspecified atom stereocenters. The Morgan fingerprint density at radius 1 is 1.12 bits per heavy atom. The maximum absolute atomic E-state index is 13.0. The molecule has 1 heterocycles. The number of hydrogen-bond acceptors (Lipinski definition) is 4. The lowest BCUT2D eigenvalue weighted by molar-refractivity contribution is -0.114. The first-order valence-electron chi connectivity index (χ1n) is 9.93. The molecule has 2 amide bonds. The Hall–Kier alpha value is -3.58. The minimum atomic E-state index is -0.320. The van der Waals surface area contributed by atoms with Gasteiger partial charge >= 0.3 is 0 Å². The summed E-state index contributed by atoms with van der Waals surface area (Å²) >= 11 is 1.37. The number of carbonyl (C=O) groups excluding carboxylic acids is 2. The molecular weight excluding hydrogens is 427 g/mol. The van der Waals surface area contributed by atoms with Crippen LogP contribution in [0.1, 0.15) is 21.5 Å². The largest absolute Gasteiger partial charge is 0.497 e. The number of carbonyl (C=O) groups is 2. The van der Waals surface area contributed by atoms with E-state index in [0.717, 1.165) is 21.8 Å². The van der Waals surface area contributed by atoms with Crippen molar-refractivity contribution in [2.24, 2.45) is 0 Å². The van der Waals surface area contributed by atoms with Crippen LogP contribution in [0.5, 0.6) is 5.75 Å². The number of amides is 2. The minimum Gasteiger partial charge on any atom is -0.497 e. The SMILES string of the molecule is COc1cccc(/C=C2\Sc3ccc(C(=O)NCc4ccc(F)cc4)cc3N(C)C2=O)c1. The van der Waals surface area contributed by atoms with Gasteiger partial charge in [0.1, 0.15) is 11.6 Å². The molecule has 5 nitrogen and oxygen atoms in total. The van der Waals surface area contributed by atoms with Crippen molar-refractivity contribution in [3.05, 3.63) is 94.1 Å². The molecule has 3 aromatic rings. The average molecular weight is 449 g/mol. The van der Waals surface area contributed by atoms with Gasteiger partial charge < -0.3 is 15.0 Å². The monoisotopic (exact) mass is 448 g/mol. The first-order chi connectivity index (χ1) is 15.4. The highest BCUT2D eigenvalue weighted by atomic mass is 32.2. The average Bonchev–Trinajstić information content (AvgIpc) is 2.81. The second-order valence-corrected chi connectivity index (χ2v) is 8.33. The number of methoxy groups -OCH3 is 1. The fraction of sp³-hybridized carbons (Fsp3) is 0.120. The summed E-state index contributed by atoms with van der Waals surface area (Å²) in [6.45, 7) is 0.285. The fourth-order valence-corrected chi connectivity index (χ4v) is 4.40. The van der Waals surface area contributed by atoms with Crippen molar-refractivity contribution in [3.8, 4) is 5.75 Å². The summed E-state index contributed by atoms with van der Waals surface area (Å²) in [6, 6.07) is 18.8. The van der Waals surface area contributed by atoms with Gasteiger partial charge in [0.25, 0.3) is 11.8 Å². The predicted molar refractivity (Wildman–Crippen MR) is 124 cm³/mol. The molecule has 0 saturated carbocycles. The van der Waals surface area contributed by atoms with E-state index in [9.17, 15) is 14.0 Å². The molecule has 0 spiro atoms. The lowest BCUT2D eigenvalue weighted by Crippen LogP contribution is -2.31. The van der Waals surface area contributed by atoms with E-state index in [1.807, 2.05) is 36.4 Å². The number of thioether (sulfide) groups is 1. The summed E-state index contributed by atoms with van der Waals surface area (Å²) in [5.74, 6) is -0.00710. The Morgan fingerprint density at radius 3 is 2.66 bits per heavy atom. The molecule has 0 radical (unpaired) electrons. The number of likely N-dealkylation sites (N-methyl/N-ethyl adjacent to an activating group) is 1. The fourth-order valence-electron chi connectivity index (χ4n) is 3.30. The van der Waals surface area contributed by atoms with E-state index in [-0.39, 0.29) is 24.2 Å². The highest BCUT2D eigenvalue weighted by Gasteiger charge is 2.27. The van der Waals surface area contributed by atoms with Crippen LogP contribution in [0.4, 0.5) is 10.1 Å². The molecule has 0 atom stereocenters. The lowest BCUT2D eigenvalue weighted by Gasteiger charge is -2.27. The van der Waals surface area contributed by atoms with Gasteiger partial charge in [-0.3, -0.25) is 9.59 Å². The van der Waals surface area contributed by atoms with Gasteiger partial charge in [0.05, 0.1) is 17.7 Å². The van der Waals surface area contributed by atoms with Gasteiger partial charge in [-0.2, -0.15) is 0 Å².